The number of methoxy groups -OCH3 is 1. The first-order chi connectivity index (χ1) is 12.9. The van der Waals surface area contributed by atoms with Gasteiger partial charge in [0.25, 0.3) is 0 Å². The van der Waals surface area contributed by atoms with Crippen LogP contribution in [-0.4, -0.2) is 35.1 Å². The van der Waals surface area contributed by atoms with Gasteiger partial charge in [0.2, 0.25) is 15.9 Å². The first kappa shape index (κ1) is 20.7. The van der Waals surface area contributed by atoms with E-state index in [4.69, 9.17) is 9.47 Å². The summed E-state index contributed by atoms with van der Waals surface area (Å²) < 4.78 is 36.2. The zero-order chi connectivity index (χ0) is 19.7. The summed E-state index contributed by atoms with van der Waals surface area (Å²) in [4.78, 5) is 12.1. The maximum atomic E-state index is 11.9. The summed E-state index contributed by atoms with van der Waals surface area (Å²) in [6.07, 6.45) is 0.944. The van der Waals surface area contributed by atoms with Crippen LogP contribution in [0.1, 0.15) is 18.4 Å². The average Bonchev–Trinajstić information content (AvgIpc) is 2.70. The first-order valence-electron chi connectivity index (χ1n) is 8.50. The molecule has 2 aromatic rings. The number of sulfonamides is 1. The van der Waals surface area contributed by atoms with Gasteiger partial charge in [-0.05, 0) is 55.4 Å². The van der Waals surface area contributed by atoms with Crippen LogP contribution in [0.25, 0.3) is 0 Å². The zero-order valence-electron chi connectivity index (χ0n) is 15.4. The molecule has 0 aliphatic rings. The third kappa shape index (κ3) is 6.58. The van der Waals surface area contributed by atoms with Gasteiger partial charge in [0.05, 0.1) is 18.6 Å². The molecule has 0 unspecified atom stereocenters. The molecule has 0 aromatic heterocycles. The minimum Gasteiger partial charge on any atom is -0.497 e. The fourth-order valence-corrected chi connectivity index (χ4v) is 3.02. The highest BCUT2D eigenvalue weighted by molar-refractivity contribution is 7.89. The van der Waals surface area contributed by atoms with Crippen molar-refractivity contribution in [2.24, 2.45) is 0 Å². The van der Waals surface area contributed by atoms with Crippen LogP contribution in [0.3, 0.4) is 0 Å². The summed E-state index contributed by atoms with van der Waals surface area (Å²) in [5, 5.41) is 2.81. The maximum absolute atomic E-state index is 11.9. The Hall–Kier alpha value is -2.58. The molecule has 0 aliphatic heterocycles. The van der Waals surface area contributed by atoms with Crippen molar-refractivity contribution in [2.75, 3.05) is 20.8 Å². The van der Waals surface area contributed by atoms with Crippen molar-refractivity contribution in [3.05, 3.63) is 54.1 Å². The fraction of sp³-hybridized carbons (Fsp3) is 0.316. The molecule has 2 rings (SSSR count). The molecule has 2 aromatic carbocycles. The van der Waals surface area contributed by atoms with Crippen LogP contribution in [0.15, 0.2) is 53.4 Å². The molecule has 0 spiro atoms. The molecule has 27 heavy (non-hydrogen) atoms. The molecule has 0 saturated heterocycles. The predicted octanol–water partition coefficient (Wildman–Crippen LogP) is 2.08. The van der Waals surface area contributed by atoms with Gasteiger partial charge < -0.3 is 14.8 Å². The van der Waals surface area contributed by atoms with Crippen LogP contribution in [0.4, 0.5) is 0 Å². The fourth-order valence-electron chi connectivity index (χ4n) is 2.29. The van der Waals surface area contributed by atoms with Gasteiger partial charge in [-0.25, -0.2) is 13.1 Å². The second-order valence-electron chi connectivity index (χ2n) is 5.76. The third-order valence-electron chi connectivity index (χ3n) is 3.87. The van der Waals surface area contributed by atoms with Crippen molar-refractivity contribution in [2.45, 2.75) is 24.3 Å². The number of nitrogens with one attached hydrogen (secondary N) is 2. The highest BCUT2D eigenvalue weighted by Gasteiger charge is 2.10. The van der Waals surface area contributed by atoms with Gasteiger partial charge in [0.15, 0.2) is 0 Å². The summed E-state index contributed by atoms with van der Waals surface area (Å²) in [5.41, 5.74) is 0.827. The van der Waals surface area contributed by atoms with E-state index in [9.17, 15) is 13.2 Å². The van der Waals surface area contributed by atoms with Crippen molar-refractivity contribution in [1.82, 2.24) is 10.0 Å². The van der Waals surface area contributed by atoms with E-state index in [1.807, 2.05) is 24.3 Å². The van der Waals surface area contributed by atoms with Crippen LogP contribution in [-0.2, 0) is 21.4 Å². The molecule has 0 heterocycles. The molecule has 0 aliphatic carbocycles. The smallest absolute Gasteiger partial charge is 0.240 e. The Morgan fingerprint density at radius 1 is 1.00 bits per heavy atom. The largest absolute Gasteiger partial charge is 0.497 e. The Balaban J connectivity index is 1.68. The molecule has 1 amide bonds. The number of benzene rings is 2. The van der Waals surface area contributed by atoms with Gasteiger partial charge in [-0.15, -0.1) is 0 Å². The van der Waals surface area contributed by atoms with E-state index >= 15 is 0 Å². The minimum atomic E-state index is -3.45. The molecule has 0 radical (unpaired) electrons. The number of hydrogen-bond acceptors (Lipinski definition) is 5. The lowest BCUT2D eigenvalue weighted by atomic mass is 10.2. The van der Waals surface area contributed by atoms with Crippen LogP contribution in [0.2, 0.25) is 0 Å². The number of rotatable bonds is 10. The van der Waals surface area contributed by atoms with Crippen LogP contribution >= 0.6 is 0 Å². The van der Waals surface area contributed by atoms with Crippen molar-refractivity contribution >= 4 is 15.9 Å². The lowest BCUT2D eigenvalue weighted by molar-refractivity contribution is -0.121. The van der Waals surface area contributed by atoms with Gasteiger partial charge in [-0.3, -0.25) is 4.79 Å². The summed E-state index contributed by atoms with van der Waals surface area (Å²) in [6.45, 7) is 0.786. The molecule has 146 valence electrons. The lowest BCUT2D eigenvalue weighted by Gasteiger charge is -2.08. The van der Waals surface area contributed by atoms with E-state index in [1.54, 1.807) is 19.2 Å². The second kappa shape index (κ2) is 9.94. The zero-order valence-corrected chi connectivity index (χ0v) is 16.2. The van der Waals surface area contributed by atoms with E-state index in [0.717, 1.165) is 17.1 Å². The second-order valence-corrected chi connectivity index (χ2v) is 7.64. The summed E-state index contributed by atoms with van der Waals surface area (Å²) in [7, 11) is -0.479. The van der Waals surface area contributed by atoms with Crippen LogP contribution in [0.5, 0.6) is 11.5 Å². The topological polar surface area (TPSA) is 93.7 Å². The SMILES string of the molecule is CNS(=O)(=O)c1ccc(CNC(=O)CCCOc2ccc(OC)cc2)cc1. The van der Waals surface area contributed by atoms with Crippen LogP contribution in [0, 0.1) is 0 Å². The van der Waals surface area contributed by atoms with E-state index in [2.05, 4.69) is 10.0 Å². The maximum Gasteiger partial charge on any atom is 0.240 e. The Kier molecular flexibility index (Phi) is 7.63. The molecule has 2 N–H and O–H groups in total. The third-order valence-corrected chi connectivity index (χ3v) is 5.30. The van der Waals surface area contributed by atoms with Gasteiger partial charge in [0, 0.05) is 13.0 Å². The van der Waals surface area contributed by atoms with Crippen molar-refractivity contribution in [3.8, 4) is 11.5 Å². The standard InChI is InChI=1S/C19H24N2O5S/c1-20-27(23,24)18-11-5-15(6-12-18)14-21-19(22)4-3-13-26-17-9-7-16(25-2)8-10-17/h5-12,20H,3-4,13-14H2,1-2H3,(H,21,22). The molecule has 7 nitrogen and oxygen atoms in total. The number of amides is 1. The molecule has 0 saturated carbocycles. The molecule has 8 heteroatoms. The molecule has 0 atom stereocenters. The highest BCUT2D eigenvalue weighted by Crippen LogP contribution is 2.17. The Morgan fingerprint density at radius 3 is 2.22 bits per heavy atom. The summed E-state index contributed by atoms with van der Waals surface area (Å²) in [6, 6.07) is 13.6. The van der Waals surface area contributed by atoms with Gasteiger partial charge in [0.1, 0.15) is 11.5 Å². The normalized spacial score (nSPS) is 11.0. The summed E-state index contributed by atoms with van der Waals surface area (Å²) in [5.74, 6) is 1.41. The lowest BCUT2D eigenvalue weighted by Crippen LogP contribution is -2.23. The quantitative estimate of drug-likeness (QED) is 0.604. The Morgan fingerprint density at radius 2 is 1.63 bits per heavy atom. The van der Waals surface area contributed by atoms with Crippen molar-refractivity contribution in [3.63, 3.8) is 0 Å². The Bertz CT molecular complexity index is 833. The first-order valence-corrected chi connectivity index (χ1v) is 9.99. The molecular formula is C19H24N2O5S. The minimum absolute atomic E-state index is 0.0831. The van der Waals surface area contributed by atoms with Gasteiger partial charge in [-0.2, -0.15) is 0 Å². The van der Waals surface area contributed by atoms with E-state index in [-0.39, 0.29) is 10.8 Å². The highest BCUT2D eigenvalue weighted by atomic mass is 32.2. The van der Waals surface area contributed by atoms with Crippen LogP contribution < -0.4 is 19.5 Å². The number of ether oxygens (including phenoxy) is 2. The van der Waals surface area contributed by atoms with E-state index in [0.29, 0.717) is 26.0 Å². The average molecular weight is 392 g/mol. The molecule has 0 bridgehead atoms. The Labute approximate surface area is 159 Å². The van der Waals surface area contributed by atoms with Crippen molar-refractivity contribution < 1.29 is 22.7 Å². The molecule has 0 fully saturated rings. The molecular weight excluding hydrogens is 368 g/mol. The monoisotopic (exact) mass is 392 g/mol. The number of hydrogen-bond donors (Lipinski definition) is 2. The number of carbonyl (C=O) groups excluding carboxylic acids is 1. The summed E-state index contributed by atoms with van der Waals surface area (Å²) >= 11 is 0. The van der Waals surface area contributed by atoms with E-state index < -0.39 is 10.0 Å². The van der Waals surface area contributed by atoms with Gasteiger partial charge >= 0.3 is 0 Å². The van der Waals surface area contributed by atoms with E-state index in [1.165, 1.54) is 19.2 Å². The predicted molar refractivity (Wildman–Crippen MR) is 102 cm³/mol. The number of carbonyl (C=O) groups is 1. The van der Waals surface area contributed by atoms with Gasteiger partial charge in [-0.1, -0.05) is 12.1 Å². The van der Waals surface area contributed by atoms with Crippen molar-refractivity contribution in [1.29, 1.82) is 0 Å².